The van der Waals surface area contributed by atoms with Gasteiger partial charge in [0.25, 0.3) is 5.91 Å². The second kappa shape index (κ2) is 5.67. The van der Waals surface area contributed by atoms with E-state index in [0.29, 0.717) is 21.3 Å². The summed E-state index contributed by atoms with van der Waals surface area (Å²) in [5, 5.41) is 0.996. The first-order valence-corrected chi connectivity index (χ1v) is 7.51. The van der Waals surface area contributed by atoms with Crippen LogP contribution in [0.1, 0.15) is 5.56 Å². The molecular weight excluding hydrogens is 319 g/mol. The van der Waals surface area contributed by atoms with Crippen LogP contribution in [0.2, 0.25) is 10.0 Å². The molecule has 2 aromatic rings. The van der Waals surface area contributed by atoms with Crippen LogP contribution in [-0.2, 0) is 4.79 Å². The second-order valence-electron chi connectivity index (χ2n) is 5.29. The van der Waals surface area contributed by atoms with Gasteiger partial charge in [0.15, 0.2) is 0 Å². The molecule has 0 saturated carbocycles. The highest BCUT2D eigenvalue weighted by atomic mass is 35.5. The Morgan fingerprint density at radius 3 is 2.32 bits per heavy atom. The SMILES string of the molecule is CN(C)C=C1C(=O)N(c2cc(Cl)cc(Cl)c2)c2ccccc21. The van der Waals surface area contributed by atoms with E-state index in [1.54, 1.807) is 23.1 Å². The summed E-state index contributed by atoms with van der Waals surface area (Å²) < 4.78 is 0. The third-order valence-corrected chi connectivity index (χ3v) is 3.80. The van der Waals surface area contributed by atoms with Crippen molar-refractivity contribution < 1.29 is 4.79 Å². The van der Waals surface area contributed by atoms with Crippen LogP contribution in [0.5, 0.6) is 0 Å². The standard InChI is InChI=1S/C17H14Cl2N2O/c1-20(2)10-15-14-5-3-4-6-16(14)21(17(15)22)13-8-11(18)7-12(19)9-13/h3-10H,1-2H3. The Labute approximate surface area is 139 Å². The second-order valence-corrected chi connectivity index (χ2v) is 6.16. The highest BCUT2D eigenvalue weighted by Gasteiger charge is 2.33. The number of anilines is 2. The Kier molecular flexibility index (Phi) is 3.85. The lowest BCUT2D eigenvalue weighted by atomic mass is 10.1. The zero-order chi connectivity index (χ0) is 15.9. The molecule has 0 bridgehead atoms. The Morgan fingerprint density at radius 1 is 1.05 bits per heavy atom. The van der Waals surface area contributed by atoms with Crippen molar-refractivity contribution in [3.8, 4) is 0 Å². The van der Waals surface area contributed by atoms with Crippen LogP contribution in [0, 0.1) is 0 Å². The van der Waals surface area contributed by atoms with Gasteiger partial charge in [0.2, 0.25) is 0 Å². The minimum absolute atomic E-state index is 0.0896. The summed E-state index contributed by atoms with van der Waals surface area (Å²) in [6.07, 6.45) is 1.83. The predicted molar refractivity (Wildman–Crippen MR) is 91.7 cm³/mol. The number of para-hydroxylation sites is 1. The van der Waals surface area contributed by atoms with Gasteiger partial charge >= 0.3 is 0 Å². The molecule has 22 heavy (non-hydrogen) atoms. The van der Waals surface area contributed by atoms with E-state index >= 15 is 0 Å². The van der Waals surface area contributed by atoms with Crippen molar-refractivity contribution >= 4 is 46.1 Å². The van der Waals surface area contributed by atoms with Gasteiger partial charge in [-0.15, -0.1) is 0 Å². The molecule has 0 fully saturated rings. The number of fused-ring (bicyclic) bond motifs is 1. The van der Waals surface area contributed by atoms with Crippen molar-refractivity contribution in [3.05, 3.63) is 64.3 Å². The lowest BCUT2D eigenvalue weighted by Gasteiger charge is -2.18. The first-order chi connectivity index (χ1) is 10.5. The fourth-order valence-corrected chi connectivity index (χ4v) is 3.06. The summed E-state index contributed by atoms with van der Waals surface area (Å²) in [6.45, 7) is 0. The van der Waals surface area contributed by atoms with Crippen molar-refractivity contribution in [2.24, 2.45) is 0 Å². The van der Waals surface area contributed by atoms with Gasteiger partial charge in [-0.2, -0.15) is 0 Å². The molecule has 3 rings (SSSR count). The molecule has 0 unspecified atom stereocenters. The molecule has 0 N–H and O–H groups in total. The van der Waals surface area contributed by atoms with Gasteiger partial charge in [-0.3, -0.25) is 9.69 Å². The quantitative estimate of drug-likeness (QED) is 0.752. The first kappa shape index (κ1) is 14.9. The van der Waals surface area contributed by atoms with E-state index in [1.165, 1.54) is 0 Å². The van der Waals surface area contributed by atoms with Crippen molar-refractivity contribution in [3.63, 3.8) is 0 Å². The van der Waals surface area contributed by atoms with Crippen molar-refractivity contribution in [1.82, 2.24) is 4.90 Å². The van der Waals surface area contributed by atoms with Crippen LogP contribution in [0.25, 0.3) is 5.57 Å². The molecule has 0 radical (unpaired) electrons. The fraction of sp³-hybridized carbons (Fsp3) is 0.118. The zero-order valence-electron chi connectivity index (χ0n) is 12.2. The number of nitrogens with zero attached hydrogens (tertiary/aromatic N) is 2. The molecule has 0 spiro atoms. The molecule has 112 valence electrons. The van der Waals surface area contributed by atoms with Crippen molar-refractivity contribution in [1.29, 1.82) is 0 Å². The average molecular weight is 333 g/mol. The average Bonchev–Trinajstić information content (AvgIpc) is 2.70. The summed E-state index contributed by atoms with van der Waals surface area (Å²) in [4.78, 5) is 16.4. The molecule has 1 aliphatic heterocycles. The minimum atomic E-state index is -0.0896. The normalized spacial score (nSPS) is 15.4. The van der Waals surface area contributed by atoms with Crippen LogP contribution < -0.4 is 4.90 Å². The number of benzene rings is 2. The molecular formula is C17H14Cl2N2O. The van der Waals surface area contributed by atoms with E-state index in [0.717, 1.165) is 11.3 Å². The molecule has 0 atom stereocenters. The first-order valence-electron chi connectivity index (χ1n) is 6.75. The molecule has 0 aromatic heterocycles. The Hall–Kier alpha value is -1.97. The number of rotatable bonds is 2. The molecule has 2 aromatic carbocycles. The molecule has 1 amide bonds. The van der Waals surface area contributed by atoms with E-state index in [2.05, 4.69) is 0 Å². The molecule has 1 aliphatic rings. The maximum atomic E-state index is 12.9. The smallest absolute Gasteiger partial charge is 0.265 e. The Morgan fingerprint density at radius 2 is 1.68 bits per heavy atom. The van der Waals surface area contributed by atoms with E-state index in [1.807, 2.05) is 49.5 Å². The molecule has 0 aliphatic carbocycles. The van der Waals surface area contributed by atoms with Crippen LogP contribution in [0.4, 0.5) is 11.4 Å². The summed E-state index contributed by atoms with van der Waals surface area (Å²) in [5.74, 6) is -0.0896. The number of halogens is 2. The molecule has 1 heterocycles. The van der Waals surface area contributed by atoms with E-state index < -0.39 is 0 Å². The third kappa shape index (κ3) is 2.58. The molecule has 3 nitrogen and oxygen atoms in total. The van der Waals surface area contributed by atoms with Gasteiger partial charge in [0, 0.05) is 35.9 Å². The minimum Gasteiger partial charge on any atom is -0.383 e. The zero-order valence-corrected chi connectivity index (χ0v) is 13.7. The maximum absolute atomic E-state index is 12.9. The number of amides is 1. The number of hydrogen-bond donors (Lipinski definition) is 0. The van der Waals surface area contributed by atoms with Crippen molar-refractivity contribution in [2.75, 3.05) is 19.0 Å². The van der Waals surface area contributed by atoms with Gasteiger partial charge in [0.1, 0.15) is 0 Å². The lowest BCUT2D eigenvalue weighted by molar-refractivity contribution is -0.112. The summed E-state index contributed by atoms with van der Waals surface area (Å²) in [7, 11) is 3.78. The van der Waals surface area contributed by atoms with E-state index in [9.17, 15) is 4.79 Å². The Bertz CT molecular complexity index is 764. The topological polar surface area (TPSA) is 23.6 Å². The van der Waals surface area contributed by atoms with Crippen LogP contribution in [-0.4, -0.2) is 24.9 Å². The van der Waals surface area contributed by atoms with Gasteiger partial charge in [-0.05, 0) is 24.3 Å². The largest absolute Gasteiger partial charge is 0.383 e. The summed E-state index contributed by atoms with van der Waals surface area (Å²) in [5.41, 5.74) is 3.05. The van der Waals surface area contributed by atoms with Crippen molar-refractivity contribution in [2.45, 2.75) is 0 Å². The summed E-state index contributed by atoms with van der Waals surface area (Å²) >= 11 is 12.2. The van der Waals surface area contributed by atoms with Gasteiger partial charge in [0.05, 0.1) is 16.9 Å². The van der Waals surface area contributed by atoms with E-state index in [4.69, 9.17) is 23.2 Å². The number of carbonyl (C=O) groups is 1. The maximum Gasteiger partial charge on any atom is 0.265 e. The van der Waals surface area contributed by atoms with Crippen LogP contribution in [0.15, 0.2) is 48.7 Å². The summed E-state index contributed by atoms with van der Waals surface area (Å²) in [6, 6.07) is 12.8. The van der Waals surface area contributed by atoms with Crippen LogP contribution >= 0.6 is 23.2 Å². The van der Waals surface area contributed by atoms with Gasteiger partial charge in [-0.25, -0.2) is 0 Å². The highest BCUT2D eigenvalue weighted by molar-refractivity contribution is 6.37. The molecule has 0 saturated heterocycles. The number of carbonyl (C=O) groups excluding carboxylic acids is 1. The lowest BCUT2D eigenvalue weighted by Crippen LogP contribution is -2.21. The van der Waals surface area contributed by atoms with Gasteiger partial charge < -0.3 is 4.90 Å². The Balaban J connectivity index is 2.19. The van der Waals surface area contributed by atoms with Gasteiger partial charge in [-0.1, -0.05) is 41.4 Å². The third-order valence-electron chi connectivity index (χ3n) is 3.36. The predicted octanol–water partition coefficient (Wildman–Crippen LogP) is 4.57. The fourth-order valence-electron chi connectivity index (χ4n) is 2.55. The number of hydrogen-bond acceptors (Lipinski definition) is 2. The molecule has 5 heteroatoms. The monoisotopic (exact) mass is 332 g/mol. The van der Waals surface area contributed by atoms with E-state index in [-0.39, 0.29) is 5.91 Å². The highest BCUT2D eigenvalue weighted by Crippen LogP contribution is 2.42. The van der Waals surface area contributed by atoms with Crippen LogP contribution in [0.3, 0.4) is 0 Å².